The van der Waals surface area contributed by atoms with Gasteiger partial charge in [-0.3, -0.25) is 0 Å². The van der Waals surface area contributed by atoms with Crippen LogP contribution in [0.25, 0.3) is 0 Å². The summed E-state index contributed by atoms with van der Waals surface area (Å²) in [6.45, 7) is -1.88. The molecule has 0 aromatic rings. The standard InChI is InChI=1S/C5H12O4.C2H6O2.H4O7P2/c6-1-5(2-7,3-8)4-9;3-1-2-4;1-8(2,3)7-9(4,5)6/h6-9H,1-4H2;3-4H,1-2H2;(H2,1,2,3)(H2,4,5,6). The van der Waals surface area contributed by atoms with E-state index < -0.39 is 47.5 Å². The van der Waals surface area contributed by atoms with E-state index in [-0.39, 0.29) is 13.2 Å². The predicted molar refractivity (Wildman–Crippen MR) is 70.1 cm³/mol. The first-order valence-electron chi connectivity index (χ1n) is 5.34. The first-order valence-corrected chi connectivity index (χ1v) is 8.40. The molecular weight excluding hydrogens is 354 g/mol. The molecule has 0 aliphatic carbocycles. The smallest absolute Gasteiger partial charge is 0.396 e. The molecule has 138 valence electrons. The first kappa shape index (κ1) is 26.9. The Balaban J connectivity index is -0.000000266. The SMILES string of the molecule is O=P(O)(O)OP(=O)(O)O.OCC(CO)(CO)CO.OCCO. The fourth-order valence-corrected chi connectivity index (χ4v) is 1.55. The third-order valence-electron chi connectivity index (χ3n) is 1.65. The molecule has 22 heavy (non-hydrogen) atoms. The molecule has 0 aliphatic heterocycles. The van der Waals surface area contributed by atoms with E-state index in [4.69, 9.17) is 50.2 Å². The van der Waals surface area contributed by atoms with Gasteiger partial charge in [-0.1, -0.05) is 0 Å². The minimum absolute atomic E-state index is 0.125. The number of aliphatic hydroxyl groups is 6. The van der Waals surface area contributed by atoms with Crippen LogP contribution >= 0.6 is 15.6 Å². The highest BCUT2D eigenvalue weighted by Gasteiger charge is 2.28. The number of hydrogen-bond acceptors (Lipinski definition) is 9. The fraction of sp³-hybridized carbons (Fsp3) is 1.00. The zero-order valence-electron chi connectivity index (χ0n) is 11.3. The molecule has 0 unspecified atom stereocenters. The van der Waals surface area contributed by atoms with Gasteiger partial charge >= 0.3 is 15.6 Å². The number of rotatable bonds is 7. The summed E-state index contributed by atoms with van der Waals surface area (Å²) < 4.78 is 22.2. The summed E-state index contributed by atoms with van der Waals surface area (Å²) in [4.78, 5) is 31.0. The lowest BCUT2D eigenvalue weighted by Crippen LogP contribution is -2.37. The van der Waals surface area contributed by atoms with Crippen LogP contribution in [-0.2, 0) is 13.4 Å². The van der Waals surface area contributed by atoms with Gasteiger partial charge in [0.05, 0.1) is 45.1 Å². The summed E-state index contributed by atoms with van der Waals surface area (Å²) in [5.74, 6) is 0. The monoisotopic (exact) mass is 376 g/mol. The largest absolute Gasteiger partial charge is 0.478 e. The quantitative estimate of drug-likeness (QED) is 0.191. The molecule has 0 saturated carbocycles. The molecule has 0 radical (unpaired) electrons. The zero-order chi connectivity index (χ0) is 18.4. The topological polar surface area (TPSA) is 246 Å². The van der Waals surface area contributed by atoms with Crippen LogP contribution in [-0.4, -0.2) is 89.9 Å². The van der Waals surface area contributed by atoms with Crippen LogP contribution in [0.1, 0.15) is 0 Å². The molecule has 15 heteroatoms. The predicted octanol–water partition coefficient (Wildman–Crippen LogP) is -3.90. The normalized spacial score (nSPS) is 11.9. The molecule has 13 nitrogen and oxygen atoms in total. The third-order valence-corrected chi connectivity index (χ3v) is 3.36. The lowest BCUT2D eigenvalue weighted by atomic mass is 9.93. The molecule has 0 spiro atoms. The maximum absolute atomic E-state index is 9.63. The second-order valence-corrected chi connectivity index (χ2v) is 6.26. The molecule has 0 aliphatic rings. The van der Waals surface area contributed by atoms with Crippen molar-refractivity contribution < 1.29 is 63.7 Å². The summed E-state index contributed by atoms with van der Waals surface area (Å²) in [5.41, 5.74) is -1.11. The van der Waals surface area contributed by atoms with Crippen molar-refractivity contribution >= 4 is 15.6 Å². The molecule has 0 fully saturated rings. The van der Waals surface area contributed by atoms with Crippen LogP contribution in [0.15, 0.2) is 0 Å². The Labute approximate surface area is 125 Å². The molecule has 0 amide bonds. The molecule has 0 saturated heterocycles. The average Bonchev–Trinajstić information content (AvgIpc) is 2.39. The molecule has 0 heterocycles. The lowest BCUT2D eigenvalue weighted by molar-refractivity contribution is -0.0328. The number of aliphatic hydroxyl groups excluding tert-OH is 6. The van der Waals surface area contributed by atoms with Gasteiger partial charge in [-0.05, 0) is 0 Å². The van der Waals surface area contributed by atoms with Crippen molar-refractivity contribution in [1.29, 1.82) is 0 Å². The Morgan fingerprint density at radius 1 is 0.636 bits per heavy atom. The Bertz CT molecular complexity index is 292. The Morgan fingerprint density at radius 3 is 0.864 bits per heavy atom. The highest BCUT2D eigenvalue weighted by Crippen LogP contribution is 2.53. The minimum atomic E-state index is -5.05. The molecule has 0 rings (SSSR count). The average molecular weight is 376 g/mol. The van der Waals surface area contributed by atoms with Crippen molar-refractivity contribution in [2.75, 3.05) is 39.6 Å². The van der Waals surface area contributed by atoms with Gasteiger partial charge in [0.15, 0.2) is 0 Å². The van der Waals surface area contributed by atoms with Crippen molar-refractivity contribution in [1.82, 2.24) is 0 Å². The van der Waals surface area contributed by atoms with Crippen molar-refractivity contribution in [3.63, 3.8) is 0 Å². The maximum atomic E-state index is 9.63. The summed E-state index contributed by atoms with van der Waals surface area (Å²) >= 11 is 0. The lowest BCUT2D eigenvalue weighted by Gasteiger charge is -2.23. The van der Waals surface area contributed by atoms with E-state index in [1.54, 1.807) is 0 Å². The van der Waals surface area contributed by atoms with Crippen molar-refractivity contribution in [2.45, 2.75) is 0 Å². The Morgan fingerprint density at radius 2 is 0.864 bits per heavy atom. The Hall–Kier alpha value is 0.0200. The highest BCUT2D eigenvalue weighted by atomic mass is 31.3. The van der Waals surface area contributed by atoms with Crippen LogP contribution in [0, 0.1) is 5.41 Å². The van der Waals surface area contributed by atoms with Crippen LogP contribution < -0.4 is 0 Å². The molecule has 0 aromatic heterocycles. The Kier molecular flexibility index (Phi) is 16.5. The first-order chi connectivity index (χ1) is 9.86. The summed E-state index contributed by atoms with van der Waals surface area (Å²) in [6.07, 6.45) is 0. The van der Waals surface area contributed by atoms with Crippen LogP contribution in [0.5, 0.6) is 0 Å². The van der Waals surface area contributed by atoms with Crippen LogP contribution in [0.2, 0.25) is 0 Å². The minimum Gasteiger partial charge on any atom is -0.396 e. The zero-order valence-corrected chi connectivity index (χ0v) is 13.1. The maximum Gasteiger partial charge on any atom is 0.478 e. The van der Waals surface area contributed by atoms with E-state index in [0.717, 1.165) is 0 Å². The van der Waals surface area contributed by atoms with Crippen molar-refractivity contribution in [3.05, 3.63) is 0 Å². The van der Waals surface area contributed by atoms with Gasteiger partial charge in [0.2, 0.25) is 0 Å². The number of phosphoric acid groups is 2. The molecule has 0 bridgehead atoms. The molecule has 10 N–H and O–H groups in total. The van der Waals surface area contributed by atoms with E-state index in [9.17, 15) is 9.13 Å². The van der Waals surface area contributed by atoms with Gasteiger partial charge in [-0.25, -0.2) is 9.13 Å². The molecular formula is C7H22O13P2. The van der Waals surface area contributed by atoms with Gasteiger partial charge in [-0.15, -0.1) is 0 Å². The van der Waals surface area contributed by atoms with Gasteiger partial charge in [0.1, 0.15) is 0 Å². The van der Waals surface area contributed by atoms with E-state index in [0.29, 0.717) is 0 Å². The van der Waals surface area contributed by atoms with Gasteiger partial charge in [-0.2, -0.15) is 4.31 Å². The van der Waals surface area contributed by atoms with E-state index in [1.165, 1.54) is 0 Å². The van der Waals surface area contributed by atoms with Crippen molar-refractivity contribution in [2.24, 2.45) is 5.41 Å². The van der Waals surface area contributed by atoms with E-state index in [2.05, 4.69) is 4.31 Å². The van der Waals surface area contributed by atoms with E-state index >= 15 is 0 Å². The summed E-state index contributed by atoms with van der Waals surface area (Å²) in [6, 6.07) is 0. The van der Waals surface area contributed by atoms with E-state index in [1.807, 2.05) is 0 Å². The van der Waals surface area contributed by atoms with Gasteiger partial charge in [0.25, 0.3) is 0 Å². The number of hydrogen-bond donors (Lipinski definition) is 10. The third kappa shape index (κ3) is 20.0. The second kappa shape index (κ2) is 13.5. The van der Waals surface area contributed by atoms with Gasteiger partial charge in [0, 0.05) is 0 Å². The molecule has 0 aromatic carbocycles. The second-order valence-electron chi connectivity index (χ2n) is 3.64. The summed E-state index contributed by atoms with van der Waals surface area (Å²) in [7, 11) is -10.1. The van der Waals surface area contributed by atoms with Crippen LogP contribution in [0.4, 0.5) is 0 Å². The van der Waals surface area contributed by atoms with Gasteiger partial charge < -0.3 is 50.2 Å². The molecule has 0 atom stereocenters. The summed E-state index contributed by atoms with van der Waals surface area (Å²) in [5, 5.41) is 49.2. The fourth-order valence-electron chi connectivity index (χ4n) is 0.439. The van der Waals surface area contributed by atoms with Crippen molar-refractivity contribution in [3.8, 4) is 0 Å². The highest BCUT2D eigenvalue weighted by molar-refractivity contribution is 7.60. The van der Waals surface area contributed by atoms with Crippen LogP contribution in [0.3, 0.4) is 0 Å².